The number of carboxylic acid groups (broad SMARTS) is 1. The Labute approximate surface area is 112 Å². The minimum Gasteiger partial charge on any atom is -0.481 e. The molecule has 1 N–H and O–H groups in total. The van der Waals surface area contributed by atoms with E-state index in [0.29, 0.717) is 32.4 Å². The highest BCUT2D eigenvalue weighted by Gasteiger charge is 2.27. The van der Waals surface area contributed by atoms with Crippen molar-refractivity contribution < 1.29 is 14.7 Å². The molecule has 2 rings (SSSR count). The summed E-state index contributed by atoms with van der Waals surface area (Å²) in [5.41, 5.74) is 1.08. The zero-order valence-electron chi connectivity index (χ0n) is 10.8. The van der Waals surface area contributed by atoms with Gasteiger partial charge in [-0.25, -0.2) is 0 Å². The number of amides is 1. The van der Waals surface area contributed by atoms with Crippen LogP contribution >= 0.6 is 0 Å². The lowest BCUT2D eigenvalue weighted by Gasteiger charge is -2.30. The van der Waals surface area contributed by atoms with Gasteiger partial charge in [-0.15, -0.1) is 0 Å². The van der Waals surface area contributed by atoms with E-state index in [1.807, 2.05) is 12.1 Å². The summed E-state index contributed by atoms with van der Waals surface area (Å²) in [6.45, 7) is 1.03. The Balaban J connectivity index is 1.84. The Hall–Kier alpha value is -1.91. The second-order valence-electron chi connectivity index (χ2n) is 4.87. The Kier molecular flexibility index (Phi) is 4.49. The molecule has 1 aliphatic heterocycles. The van der Waals surface area contributed by atoms with Gasteiger partial charge >= 0.3 is 5.97 Å². The number of hydrogen-bond donors (Lipinski definition) is 1. The molecule has 5 heteroatoms. The topological polar surface area (TPSA) is 70.5 Å². The SMILES string of the molecule is O=C(O)[C@@H]1CCCN(C(=O)CCc2ccncc2)C1. The first-order valence-corrected chi connectivity index (χ1v) is 6.56. The summed E-state index contributed by atoms with van der Waals surface area (Å²) >= 11 is 0. The summed E-state index contributed by atoms with van der Waals surface area (Å²) in [6, 6.07) is 3.78. The van der Waals surface area contributed by atoms with Crippen LogP contribution in [0.15, 0.2) is 24.5 Å². The van der Waals surface area contributed by atoms with Crippen LogP contribution in [0.4, 0.5) is 0 Å². The molecule has 2 heterocycles. The van der Waals surface area contributed by atoms with Gasteiger partial charge in [-0.3, -0.25) is 14.6 Å². The molecule has 1 atom stereocenters. The van der Waals surface area contributed by atoms with Crippen molar-refractivity contribution in [2.45, 2.75) is 25.7 Å². The molecule has 0 spiro atoms. The molecule has 1 aliphatic rings. The van der Waals surface area contributed by atoms with Crippen LogP contribution in [0.1, 0.15) is 24.8 Å². The predicted octanol–water partition coefficient (Wildman–Crippen LogP) is 1.34. The van der Waals surface area contributed by atoms with Gasteiger partial charge in [-0.1, -0.05) is 0 Å². The third-order valence-electron chi connectivity index (χ3n) is 3.50. The van der Waals surface area contributed by atoms with Gasteiger partial charge in [0.25, 0.3) is 0 Å². The van der Waals surface area contributed by atoms with Crippen molar-refractivity contribution >= 4 is 11.9 Å². The van der Waals surface area contributed by atoms with Gasteiger partial charge in [0.15, 0.2) is 0 Å². The van der Waals surface area contributed by atoms with Gasteiger partial charge in [0.1, 0.15) is 0 Å². The number of carbonyl (C=O) groups excluding carboxylic acids is 1. The summed E-state index contributed by atoms with van der Waals surface area (Å²) in [4.78, 5) is 28.6. The summed E-state index contributed by atoms with van der Waals surface area (Å²) in [6.07, 6.45) is 5.97. The fraction of sp³-hybridized carbons (Fsp3) is 0.500. The number of aromatic nitrogens is 1. The number of carbonyl (C=O) groups is 2. The third kappa shape index (κ3) is 3.77. The number of aryl methyl sites for hydroxylation is 1. The molecule has 0 saturated carbocycles. The highest BCUT2D eigenvalue weighted by atomic mass is 16.4. The van der Waals surface area contributed by atoms with E-state index in [0.717, 1.165) is 12.0 Å². The van der Waals surface area contributed by atoms with Gasteiger partial charge in [0.05, 0.1) is 5.92 Å². The monoisotopic (exact) mass is 262 g/mol. The molecule has 0 unspecified atom stereocenters. The van der Waals surface area contributed by atoms with E-state index in [9.17, 15) is 9.59 Å². The quantitative estimate of drug-likeness (QED) is 0.888. The predicted molar refractivity (Wildman–Crippen MR) is 69.5 cm³/mol. The van der Waals surface area contributed by atoms with Crippen LogP contribution in [0.25, 0.3) is 0 Å². The smallest absolute Gasteiger partial charge is 0.308 e. The van der Waals surface area contributed by atoms with Crippen LogP contribution in [-0.4, -0.2) is 40.0 Å². The average molecular weight is 262 g/mol. The molecule has 19 heavy (non-hydrogen) atoms. The van der Waals surface area contributed by atoms with Crippen molar-refractivity contribution in [1.29, 1.82) is 0 Å². The summed E-state index contributed by atoms with van der Waals surface area (Å²) in [5.74, 6) is -1.16. The summed E-state index contributed by atoms with van der Waals surface area (Å²) in [7, 11) is 0. The first kappa shape index (κ1) is 13.5. The normalized spacial score (nSPS) is 19.2. The summed E-state index contributed by atoms with van der Waals surface area (Å²) < 4.78 is 0. The molecule has 1 aromatic rings. The molecule has 1 aromatic heterocycles. The maximum Gasteiger partial charge on any atom is 0.308 e. The zero-order chi connectivity index (χ0) is 13.7. The molecule has 0 bridgehead atoms. The molecule has 0 aromatic carbocycles. The number of piperidine rings is 1. The molecule has 0 aliphatic carbocycles. The lowest BCUT2D eigenvalue weighted by atomic mass is 9.98. The van der Waals surface area contributed by atoms with Gasteiger partial charge in [-0.05, 0) is 37.0 Å². The van der Waals surface area contributed by atoms with Gasteiger partial charge in [0, 0.05) is 31.9 Å². The molecule has 1 amide bonds. The zero-order valence-corrected chi connectivity index (χ0v) is 10.8. The largest absolute Gasteiger partial charge is 0.481 e. The molecular formula is C14H18N2O3. The number of likely N-dealkylation sites (tertiary alicyclic amines) is 1. The standard InChI is InChI=1S/C14H18N2O3/c17-13(4-3-11-5-7-15-8-6-11)16-9-1-2-12(10-16)14(18)19/h5-8,12H,1-4,9-10H2,(H,18,19)/t12-/m1/s1. The number of pyridine rings is 1. The van der Waals surface area contributed by atoms with Crippen LogP contribution < -0.4 is 0 Å². The Bertz CT molecular complexity index is 447. The highest BCUT2D eigenvalue weighted by Crippen LogP contribution is 2.17. The number of carboxylic acids is 1. The van der Waals surface area contributed by atoms with Crippen molar-refractivity contribution in [2.75, 3.05) is 13.1 Å². The molecule has 0 radical (unpaired) electrons. The lowest BCUT2D eigenvalue weighted by molar-refractivity contribution is -0.145. The van der Waals surface area contributed by atoms with Crippen LogP contribution in [0.5, 0.6) is 0 Å². The first-order chi connectivity index (χ1) is 9.16. The Morgan fingerprint density at radius 1 is 1.37 bits per heavy atom. The number of nitrogens with zero attached hydrogens (tertiary/aromatic N) is 2. The maximum absolute atomic E-state index is 12.1. The second-order valence-corrected chi connectivity index (χ2v) is 4.87. The minimum absolute atomic E-state index is 0.0442. The first-order valence-electron chi connectivity index (χ1n) is 6.56. The molecule has 5 nitrogen and oxygen atoms in total. The van der Waals surface area contributed by atoms with Gasteiger partial charge in [0.2, 0.25) is 5.91 Å². The van der Waals surface area contributed by atoms with Crippen LogP contribution in [-0.2, 0) is 16.0 Å². The van der Waals surface area contributed by atoms with Crippen molar-refractivity contribution in [1.82, 2.24) is 9.88 Å². The minimum atomic E-state index is -0.799. The number of aliphatic carboxylic acids is 1. The highest BCUT2D eigenvalue weighted by molar-refractivity contribution is 5.78. The van der Waals surface area contributed by atoms with E-state index in [1.165, 1.54) is 0 Å². The van der Waals surface area contributed by atoms with E-state index in [2.05, 4.69) is 4.98 Å². The number of rotatable bonds is 4. The fourth-order valence-corrected chi connectivity index (χ4v) is 2.36. The van der Waals surface area contributed by atoms with E-state index < -0.39 is 11.9 Å². The lowest BCUT2D eigenvalue weighted by Crippen LogP contribution is -2.42. The van der Waals surface area contributed by atoms with Crippen molar-refractivity contribution in [2.24, 2.45) is 5.92 Å². The fourth-order valence-electron chi connectivity index (χ4n) is 2.36. The molecular weight excluding hydrogens is 244 g/mol. The maximum atomic E-state index is 12.1. The van der Waals surface area contributed by atoms with E-state index >= 15 is 0 Å². The van der Waals surface area contributed by atoms with Crippen molar-refractivity contribution in [3.8, 4) is 0 Å². The van der Waals surface area contributed by atoms with E-state index in [1.54, 1.807) is 17.3 Å². The van der Waals surface area contributed by atoms with Crippen LogP contribution in [0.2, 0.25) is 0 Å². The van der Waals surface area contributed by atoms with Gasteiger partial charge < -0.3 is 10.0 Å². The number of hydrogen-bond acceptors (Lipinski definition) is 3. The second kappa shape index (κ2) is 6.31. The Morgan fingerprint density at radius 2 is 2.11 bits per heavy atom. The van der Waals surface area contributed by atoms with E-state index in [4.69, 9.17) is 5.11 Å². The summed E-state index contributed by atoms with van der Waals surface area (Å²) in [5, 5.41) is 9.00. The van der Waals surface area contributed by atoms with Crippen molar-refractivity contribution in [3.63, 3.8) is 0 Å². The van der Waals surface area contributed by atoms with Crippen molar-refractivity contribution in [3.05, 3.63) is 30.1 Å². The average Bonchev–Trinajstić information content (AvgIpc) is 2.46. The Morgan fingerprint density at radius 3 is 2.79 bits per heavy atom. The van der Waals surface area contributed by atoms with Crippen LogP contribution in [0.3, 0.4) is 0 Å². The molecule has 1 saturated heterocycles. The van der Waals surface area contributed by atoms with E-state index in [-0.39, 0.29) is 5.91 Å². The third-order valence-corrected chi connectivity index (χ3v) is 3.50. The molecule has 102 valence electrons. The van der Waals surface area contributed by atoms with Gasteiger partial charge in [-0.2, -0.15) is 0 Å². The van der Waals surface area contributed by atoms with Crippen LogP contribution in [0, 0.1) is 5.92 Å². The molecule has 1 fully saturated rings.